The Morgan fingerprint density at radius 1 is 0.500 bits per heavy atom. The highest BCUT2D eigenvalue weighted by atomic mass is 32.2. The second-order valence-corrected chi connectivity index (χ2v) is 5.92. The Morgan fingerprint density at radius 3 is 0.812 bits per heavy atom. The first-order valence-corrected chi connectivity index (χ1v) is 7.94. The molecule has 3 nitrogen and oxygen atoms in total. The van der Waals surface area contributed by atoms with Gasteiger partial charge in [-0.3, -0.25) is 0 Å². The molecule has 0 aliphatic heterocycles. The van der Waals surface area contributed by atoms with Gasteiger partial charge in [0.1, 0.15) is 0 Å². The predicted molar refractivity (Wildman–Crippen MR) is 77.7 cm³/mol. The lowest BCUT2D eigenvalue weighted by Gasteiger charge is -2.47. The fourth-order valence-corrected chi connectivity index (χ4v) is 4.56. The molecule has 0 aromatic rings. The van der Waals surface area contributed by atoms with Crippen molar-refractivity contribution in [1.29, 1.82) is 0 Å². The fourth-order valence-electron chi connectivity index (χ4n) is 1.97. The zero-order valence-corrected chi connectivity index (χ0v) is 12.9. The number of thiol groups is 1. The standard InChI is InChI=1S/C12H31N3S/c1-7-13(8-2)16(14(9-3)10-4)15(11-5)12-6/h16H,7-12H2,1-6H3. The Balaban J connectivity index is 4.84. The molecule has 0 aromatic heterocycles. The molecule has 0 aromatic carbocycles. The summed E-state index contributed by atoms with van der Waals surface area (Å²) in [6.07, 6.45) is 0. The van der Waals surface area contributed by atoms with E-state index in [2.05, 4.69) is 54.5 Å². The summed E-state index contributed by atoms with van der Waals surface area (Å²) >= 11 is -0.252. The van der Waals surface area contributed by atoms with Gasteiger partial charge in [0.2, 0.25) is 0 Å². The molecule has 0 N–H and O–H groups in total. The normalized spacial score (nSPS) is 12.9. The maximum atomic E-state index is 2.61. The summed E-state index contributed by atoms with van der Waals surface area (Å²) in [6, 6.07) is 0. The van der Waals surface area contributed by atoms with E-state index >= 15 is 0 Å². The highest BCUT2D eigenvalue weighted by Gasteiger charge is 2.21. The summed E-state index contributed by atoms with van der Waals surface area (Å²) in [5.74, 6) is 0. The van der Waals surface area contributed by atoms with Gasteiger partial charge in [0.05, 0.1) is 0 Å². The Labute approximate surface area is 106 Å². The van der Waals surface area contributed by atoms with E-state index in [0.717, 1.165) is 39.3 Å². The maximum absolute atomic E-state index is 2.61. The van der Waals surface area contributed by atoms with Crippen LogP contribution in [0.4, 0.5) is 0 Å². The van der Waals surface area contributed by atoms with Crippen molar-refractivity contribution in [3.05, 3.63) is 0 Å². The van der Waals surface area contributed by atoms with Crippen LogP contribution in [0.5, 0.6) is 0 Å². The van der Waals surface area contributed by atoms with Crippen LogP contribution in [0.25, 0.3) is 0 Å². The maximum Gasteiger partial charge on any atom is 0.00658 e. The average Bonchev–Trinajstić information content (AvgIpc) is 2.33. The van der Waals surface area contributed by atoms with E-state index < -0.39 is 0 Å². The van der Waals surface area contributed by atoms with Gasteiger partial charge in [-0.05, 0) is 0 Å². The van der Waals surface area contributed by atoms with E-state index in [1.54, 1.807) is 0 Å². The van der Waals surface area contributed by atoms with Gasteiger partial charge < -0.3 is 0 Å². The van der Waals surface area contributed by atoms with Gasteiger partial charge in [0.15, 0.2) is 0 Å². The molecule has 0 bridgehead atoms. The monoisotopic (exact) mass is 249 g/mol. The summed E-state index contributed by atoms with van der Waals surface area (Å²) in [5, 5.41) is 0. The molecular weight excluding hydrogens is 218 g/mol. The molecule has 0 atom stereocenters. The van der Waals surface area contributed by atoms with Crippen LogP contribution < -0.4 is 0 Å². The van der Waals surface area contributed by atoms with Crippen molar-refractivity contribution in [1.82, 2.24) is 12.9 Å². The van der Waals surface area contributed by atoms with Crippen molar-refractivity contribution in [2.75, 3.05) is 39.3 Å². The third-order valence-corrected chi connectivity index (χ3v) is 6.16. The van der Waals surface area contributed by atoms with E-state index in [9.17, 15) is 0 Å². The summed E-state index contributed by atoms with van der Waals surface area (Å²) < 4.78 is 7.82. The predicted octanol–water partition coefficient (Wildman–Crippen LogP) is 2.76. The van der Waals surface area contributed by atoms with Gasteiger partial charge in [-0.1, -0.05) is 53.0 Å². The van der Waals surface area contributed by atoms with E-state index in [-0.39, 0.29) is 11.5 Å². The van der Waals surface area contributed by atoms with Crippen molar-refractivity contribution in [2.45, 2.75) is 41.5 Å². The largest absolute Gasteiger partial charge is 0.247 e. The van der Waals surface area contributed by atoms with E-state index in [4.69, 9.17) is 0 Å². The number of hydrogen-bond donors (Lipinski definition) is 1. The van der Waals surface area contributed by atoms with Gasteiger partial charge in [0, 0.05) is 39.3 Å². The van der Waals surface area contributed by atoms with Crippen molar-refractivity contribution in [2.24, 2.45) is 0 Å². The van der Waals surface area contributed by atoms with Crippen LogP contribution in [0.1, 0.15) is 41.5 Å². The third kappa shape index (κ3) is 4.24. The molecule has 100 valence electrons. The topological polar surface area (TPSA) is 9.72 Å². The Morgan fingerprint density at radius 2 is 0.688 bits per heavy atom. The quantitative estimate of drug-likeness (QED) is 0.630. The van der Waals surface area contributed by atoms with Gasteiger partial charge in [-0.25, -0.2) is 12.9 Å². The Kier molecular flexibility index (Phi) is 9.41. The van der Waals surface area contributed by atoms with Crippen molar-refractivity contribution in [3.63, 3.8) is 0 Å². The molecule has 0 rings (SSSR count). The van der Waals surface area contributed by atoms with Gasteiger partial charge in [-0.15, -0.1) is 0 Å². The van der Waals surface area contributed by atoms with Crippen molar-refractivity contribution < 1.29 is 0 Å². The van der Waals surface area contributed by atoms with Crippen LogP contribution in [0, 0.1) is 0 Å². The van der Waals surface area contributed by atoms with Gasteiger partial charge >= 0.3 is 0 Å². The molecule has 0 unspecified atom stereocenters. The lowest BCUT2D eigenvalue weighted by atomic mass is 10.7. The molecule has 0 amide bonds. The molecular formula is C12H31N3S. The van der Waals surface area contributed by atoms with Crippen LogP contribution in [0.3, 0.4) is 0 Å². The molecule has 0 saturated carbocycles. The van der Waals surface area contributed by atoms with E-state index in [1.807, 2.05) is 0 Å². The summed E-state index contributed by atoms with van der Waals surface area (Å²) in [4.78, 5) is 0. The summed E-state index contributed by atoms with van der Waals surface area (Å²) in [5.41, 5.74) is 0. The van der Waals surface area contributed by atoms with Crippen LogP contribution in [-0.2, 0) is 0 Å². The average molecular weight is 249 g/mol. The highest BCUT2D eigenvalue weighted by Crippen LogP contribution is 2.38. The molecule has 0 heterocycles. The van der Waals surface area contributed by atoms with Crippen LogP contribution >= 0.6 is 11.5 Å². The van der Waals surface area contributed by atoms with Crippen LogP contribution in [0.2, 0.25) is 0 Å². The van der Waals surface area contributed by atoms with Gasteiger partial charge in [-0.2, -0.15) is 0 Å². The Hall–Kier alpha value is 0.230. The lowest BCUT2D eigenvalue weighted by molar-refractivity contribution is 0.376. The van der Waals surface area contributed by atoms with Crippen LogP contribution in [0.15, 0.2) is 0 Å². The molecule has 0 fully saturated rings. The molecule has 0 saturated heterocycles. The highest BCUT2D eigenvalue weighted by molar-refractivity contribution is 8.10. The fraction of sp³-hybridized carbons (Fsp3) is 1.00. The first-order valence-electron chi connectivity index (χ1n) is 6.74. The molecule has 16 heavy (non-hydrogen) atoms. The molecule has 0 aliphatic rings. The van der Waals surface area contributed by atoms with Gasteiger partial charge in [0.25, 0.3) is 0 Å². The lowest BCUT2D eigenvalue weighted by Crippen LogP contribution is -2.40. The molecule has 0 radical (unpaired) electrons. The molecule has 0 spiro atoms. The second-order valence-electron chi connectivity index (χ2n) is 3.69. The number of rotatable bonds is 9. The number of nitrogens with zero attached hydrogens (tertiary/aromatic N) is 3. The van der Waals surface area contributed by atoms with Crippen LogP contribution in [-0.4, -0.2) is 52.2 Å². The third-order valence-electron chi connectivity index (χ3n) is 2.95. The number of hydrogen-bond acceptors (Lipinski definition) is 3. The van der Waals surface area contributed by atoms with Crippen molar-refractivity contribution in [3.8, 4) is 0 Å². The zero-order valence-electron chi connectivity index (χ0n) is 12.0. The first-order chi connectivity index (χ1) is 7.69. The zero-order chi connectivity index (χ0) is 12.6. The minimum Gasteiger partial charge on any atom is -0.247 e. The SMILES string of the molecule is CCN(CC)[SH](N(CC)CC)N(CC)CC. The summed E-state index contributed by atoms with van der Waals surface area (Å²) in [6.45, 7) is 20.5. The smallest absolute Gasteiger partial charge is 0.00658 e. The summed E-state index contributed by atoms with van der Waals surface area (Å²) in [7, 11) is 0. The minimum atomic E-state index is -0.252. The minimum absolute atomic E-state index is 0.252. The van der Waals surface area contributed by atoms with Crippen molar-refractivity contribution >= 4 is 11.5 Å². The van der Waals surface area contributed by atoms with E-state index in [0.29, 0.717) is 0 Å². The van der Waals surface area contributed by atoms with E-state index in [1.165, 1.54) is 0 Å². The molecule has 0 aliphatic carbocycles. The Bertz CT molecular complexity index is 126. The molecule has 4 heteroatoms. The second kappa shape index (κ2) is 9.28. The first kappa shape index (κ1) is 16.2.